The molecule has 0 saturated carbocycles. The second kappa shape index (κ2) is 6.91. The summed E-state index contributed by atoms with van der Waals surface area (Å²) in [6, 6.07) is 8.00. The van der Waals surface area contributed by atoms with Gasteiger partial charge < -0.3 is 20.3 Å². The number of hydrogen-bond donors (Lipinski definition) is 1. The number of likely N-dealkylation sites (tertiary alicyclic amines) is 1. The highest BCUT2D eigenvalue weighted by Crippen LogP contribution is 2.21. The Balaban J connectivity index is 1.91. The maximum atomic E-state index is 12.3. The number of ether oxygens (including phenoxy) is 1. The molecule has 5 heteroatoms. The number of carbonyl (C=O) groups excluding carboxylic acids is 1. The first kappa shape index (κ1) is 15.8. The third kappa shape index (κ3) is 3.74. The van der Waals surface area contributed by atoms with E-state index in [4.69, 9.17) is 10.5 Å². The van der Waals surface area contributed by atoms with Crippen molar-refractivity contribution < 1.29 is 9.53 Å². The van der Waals surface area contributed by atoms with Crippen molar-refractivity contribution in [3.63, 3.8) is 0 Å². The van der Waals surface area contributed by atoms with Crippen molar-refractivity contribution in [3.05, 3.63) is 29.8 Å². The molecule has 1 aromatic carbocycles. The molecule has 0 aliphatic carbocycles. The van der Waals surface area contributed by atoms with E-state index in [0.717, 1.165) is 18.7 Å². The average molecular weight is 291 g/mol. The Morgan fingerprint density at radius 2 is 2.10 bits per heavy atom. The summed E-state index contributed by atoms with van der Waals surface area (Å²) < 4.78 is 5.65. The Morgan fingerprint density at radius 3 is 2.71 bits per heavy atom. The van der Waals surface area contributed by atoms with Crippen LogP contribution in [0.25, 0.3) is 0 Å². The number of amides is 1. The molecule has 0 bridgehead atoms. The van der Waals surface area contributed by atoms with Crippen LogP contribution in [0, 0.1) is 5.92 Å². The second-order valence-electron chi connectivity index (χ2n) is 5.91. The molecule has 2 atom stereocenters. The molecule has 0 radical (unpaired) electrons. The monoisotopic (exact) mass is 291 g/mol. The van der Waals surface area contributed by atoms with Crippen molar-refractivity contribution in [2.45, 2.75) is 19.5 Å². The largest absolute Gasteiger partial charge is 0.483 e. The summed E-state index contributed by atoms with van der Waals surface area (Å²) in [5.74, 6) is 1.23. The van der Waals surface area contributed by atoms with E-state index in [9.17, 15) is 4.79 Å². The van der Waals surface area contributed by atoms with Crippen molar-refractivity contribution in [1.29, 1.82) is 0 Å². The van der Waals surface area contributed by atoms with E-state index < -0.39 is 0 Å². The Kier molecular flexibility index (Phi) is 5.20. The molecule has 2 N–H and O–H groups in total. The lowest BCUT2D eigenvalue weighted by atomic mass is 10.1. The van der Waals surface area contributed by atoms with E-state index >= 15 is 0 Å². The highest BCUT2D eigenvalue weighted by molar-refractivity contribution is 5.78. The fourth-order valence-corrected chi connectivity index (χ4v) is 2.87. The minimum Gasteiger partial charge on any atom is -0.483 e. The van der Waals surface area contributed by atoms with Gasteiger partial charge in [0.05, 0.1) is 0 Å². The molecule has 0 spiro atoms. The number of nitrogens with zero attached hydrogens (tertiary/aromatic N) is 2. The fraction of sp³-hybridized carbons (Fsp3) is 0.562. The number of nitrogens with two attached hydrogens (primary N) is 1. The van der Waals surface area contributed by atoms with Gasteiger partial charge in [-0.2, -0.15) is 0 Å². The number of benzene rings is 1. The van der Waals surface area contributed by atoms with Crippen LogP contribution in [0.15, 0.2) is 24.3 Å². The molecule has 1 amide bonds. The number of hydrogen-bond acceptors (Lipinski definition) is 4. The summed E-state index contributed by atoms with van der Waals surface area (Å²) in [4.78, 5) is 16.4. The summed E-state index contributed by atoms with van der Waals surface area (Å²) in [7, 11) is 4.12. The van der Waals surface area contributed by atoms with Gasteiger partial charge >= 0.3 is 0 Å². The van der Waals surface area contributed by atoms with Gasteiger partial charge in [-0.25, -0.2) is 0 Å². The predicted molar refractivity (Wildman–Crippen MR) is 83.0 cm³/mol. The summed E-state index contributed by atoms with van der Waals surface area (Å²) in [6.45, 7) is 4.23. The van der Waals surface area contributed by atoms with Crippen LogP contribution in [0.4, 0.5) is 0 Å². The van der Waals surface area contributed by atoms with Crippen LogP contribution in [0.5, 0.6) is 5.75 Å². The van der Waals surface area contributed by atoms with Crippen molar-refractivity contribution in [2.24, 2.45) is 11.7 Å². The minimum absolute atomic E-state index is 0.0398. The standard InChI is InChI=1S/C16H25N3O2/c1-12-9-19(10-14(12)18(2)3)16(20)11-21-15-7-5-4-6-13(15)8-17/h4-7,12,14H,8-11,17H2,1-3H3. The number of para-hydroxylation sites is 1. The maximum Gasteiger partial charge on any atom is 0.260 e. The molecule has 1 saturated heterocycles. The van der Waals surface area contributed by atoms with Crippen LogP contribution in [0.1, 0.15) is 12.5 Å². The van der Waals surface area contributed by atoms with Crippen molar-refractivity contribution in [3.8, 4) is 5.75 Å². The molecule has 1 aliphatic heterocycles. The van der Waals surface area contributed by atoms with E-state index in [-0.39, 0.29) is 12.5 Å². The third-order valence-corrected chi connectivity index (χ3v) is 4.13. The topological polar surface area (TPSA) is 58.8 Å². The molecule has 1 aromatic rings. The van der Waals surface area contributed by atoms with Crippen LogP contribution in [0.3, 0.4) is 0 Å². The summed E-state index contributed by atoms with van der Waals surface area (Å²) >= 11 is 0. The molecule has 1 heterocycles. The lowest BCUT2D eigenvalue weighted by Gasteiger charge is -2.22. The zero-order valence-electron chi connectivity index (χ0n) is 13.1. The van der Waals surface area contributed by atoms with Gasteiger partial charge in [0.15, 0.2) is 6.61 Å². The molecule has 1 fully saturated rings. The minimum atomic E-state index is 0.0398. The third-order valence-electron chi connectivity index (χ3n) is 4.13. The average Bonchev–Trinajstić information content (AvgIpc) is 2.87. The van der Waals surface area contributed by atoms with Crippen LogP contribution < -0.4 is 10.5 Å². The Labute approximate surface area is 126 Å². The smallest absolute Gasteiger partial charge is 0.260 e. The van der Waals surface area contributed by atoms with Gasteiger partial charge in [-0.15, -0.1) is 0 Å². The van der Waals surface area contributed by atoms with Crippen molar-refractivity contribution >= 4 is 5.91 Å². The van der Waals surface area contributed by atoms with E-state index in [1.54, 1.807) is 0 Å². The van der Waals surface area contributed by atoms with Crippen LogP contribution in [0.2, 0.25) is 0 Å². The number of rotatable bonds is 5. The molecule has 5 nitrogen and oxygen atoms in total. The molecule has 2 unspecified atom stereocenters. The summed E-state index contributed by atoms with van der Waals surface area (Å²) in [5, 5.41) is 0. The maximum absolute atomic E-state index is 12.3. The molecular weight excluding hydrogens is 266 g/mol. The second-order valence-corrected chi connectivity index (χ2v) is 5.91. The van der Waals surface area contributed by atoms with Crippen molar-refractivity contribution in [1.82, 2.24) is 9.80 Å². The van der Waals surface area contributed by atoms with Gasteiger partial charge in [0.2, 0.25) is 0 Å². The van der Waals surface area contributed by atoms with Gasteiger partial charge in [0.1, 0.15) is 5.75 Å². The van der Waals surface area contributed by atoms with Crippen LogP contribution in [-0.4, -0.2) is 55.5 Å². The highest BCUT2D eigenvalue weighted by atomic mass is 16.5. The van der Waals surface area contributed by atoms with Gasteiger partial charge in [-0.05, 0) is 26.1 Å². The summed E-state index contributed by atoms with van der Waals surface area (Å²) in [5.41, 5.74) is 6.59. The summed E-state index contributed by atoms with van der Waals surface area (Å²) in [6.07, 6.45) is 0. The van der Waals surface area contributed by atoms with Gasteiger partial charge in [-0.1, -0.05) is 25.1 Å². The van der Waals surface area contributed by atoms with E-state index in [2.05, 4.69) is 25.9 Å². The molecule has 21 heavy (non-hydrogen) atoms. The fourth-order valence-electron chi connectivity index (χ4n) is 2.87. The molecule has 0 aromatic heterocycles. The highest BCUT2D eigenvalue weighted by Gasteiger charge is 2.33. The number of likely N-dealkylation sites (N-methyl/N-ethyl adjacent to an activating group) is 1. The first-order valence-corrected chi connectivity index (χ1v) is 7.38. The predicted octanol–water partition coefficient (Wildman–Crippen LogP) is 0.933. The Bertz CT molecular complexity index is 490. The van der Waals surface area contributed by atoms with Gasteiger partial charge in [-0.3, -0.25) is 4.79 Å². The Morgan fingerprint density at radius 1 is 1.38 bits per heavy atom. The zero-order valence-corrected chi connectivity index (χ0v) is 13.1. The Hall–Kier alpha value is -1.59. The van der Waals surface area contributed by atoms with Gasteiger partial charge in [0, 0.05) is 31.2 Å². The normalized spacial score (nSPS) is 21.9. The molecule has 1 aliphatic rings. The SMILES string of the molecule is CC1CN(C(=O)COc2ccccc2CN)CC1N(C)C. The molecule has 116 valence electrons. The first-order valence-electron chi connectivity index (χ1n) is 7.38. The van der Waals surface area contributed by atoms with E-state index in [1.165, 1.54) is 0 Å². The quantitative estimate of drug-likeness (QED) is 0.877. The first-order chi connectivity index (χ1) is 10.0. The van der Waals surface area contributed by atoms with E-state index in [1.807, 2.05) is 29.2 Å². The van der Waals surface area contributed by atoms with Crippen molar-refractivity contribution in [2.75, 3.05) is 33.8 Å². The number of carbonyl (C=O) groups is 1. The van der Waals surface area contributed by atoms with E-state index in [0.29, 0.717) is 24.3 Å². The van der Waals surface area contributed by atoms with Crippen LogP contribution >= 0.6 is 0 Å². The molecule has 2 rings (SSSR count). The van der Waals surface area contributed by atoms with Crippen LogP contribution in [-0.2, 0) is 11.3 Å². The van der Waals surface area contributed by atoms with Gasteiger partial charge in [0.25, 0.3) is 5.91 Å². The zero-order chi connectivity index (χ0) is 15.4. The lowest BCUT2D eigenvalue weighted by molar-refractivity contribution is -0.132. The lowest BCUT2D eigenvalue weighted by Crippen LogP contribution is -2.37. The molecular formula is C16H25N3O2.